The summed E-state index contributed by atoms with van der Waals surface area (Å²) in [5.74, 6) is 1.55. The molecule has 1 aliphatic carbocycles. The highest BCUT2D eigenvalue weighted by Gasteiger charge is 2.33. The fourth-order valence-corrected chi connectivity index (χ4v) is 1.99. The van der Waals surface area contributed by atoms with Gasteiger partial charge in [0.1, 0.15) is 5.75 Å². The van der Waals surface area contributed by atoms with Gasteiger partial charge in [-0.05, 0) is 30.0 Å². The van der Waals surface area contributed by atoms with E-state index in [0.717, 1.165) is 12.0 Å². The lowest BCUT2D eigenvalue weighted by atomic mass is 10.2. The first-order chi connectivity index (χ1) is 10.4. The quantitative estimate of drug-likeness (QED) is 0.417. The van der Waals surface area contributed by atoms with Crippen LogP contribution in [0.15, 0.2) is 29.3 Å². The number of nitrogens with zero attached hydrogens (tertiary/aromatic N) is 1. The number of hydrogen-bond donors (Lipinski definition) is 2. The van der Waals surface area contributed by atoms with Crippen LogP contribution in [0, 0.1) is 5.92 Å². The molecule has 2 atom stereocenters. The maximum absolute atomic E-state index is 12.1. The first-order valence-corrected chi connectivity index (χ1v) is 7.13. The maximum Gasteiger partial charge on any atom is 0.422 e. The van der Waals surface area contributed by atoms with Gasteiger partial charge in [-0.3, -0.25) is 4.99 Å². The van der Waals surface area contributed by atoms with E-state index < -0.39 is 12.8 Å². The van der Waals surface area contributed by atoms with E-state index in [1.807, 2.05) is 6.07 Å². The second kappa shape index (κ2) is 8.60. The summed E-state index contributed by atoms with van der Waals surface area (Å²) in [6.45, 7) is 1.34. The third-order valence-corrected chi connectivity index (χ3v) is 3.42. The van der Waals surface area contributed by atoms with Crippen LogP contribution in [-0.2, 0) is 6.54 Å². The Bertz CT molecular complexity index is 537. The standard InChI is InChI=1S/C15H20F3N3O.HI/c1-10-6-13(10)21-14(19-2)20-8-11-4-3-5-12(7-11)22-9-15(16,17)18;/h3-5,7,10,13H,6,8-9H2,1-2H3,(H2,19,20,21);1H. The number of benzene rings is 1. The summed E-state index contributed by atoms with van der Waals surface area (Å²) in [5.41, 5.74) is 0.825. The minimum absolute atomic E-state index is 0. The Kier molecular flexibility index (Phi) is 7.43. The lowest BCUT2D eigenvalue weighted by Gasteiger charge is -2.13. The zero-order valence-corrected chi connectivity index (χ0v) is 15.3. The monoisotopic (exact) mass is 443 g/mol. The number of hydrogen-bond acceptors (Lipinski definition) is 2. The number of alkyl halides is 3. The van der Waals surface area contributed by atoms with Crippen molar-refractivity contribution in [1.29, 1.82) is 0 Å². The third-order valence-electron chi connectivity index (χ3n) is 3.42. The van der Waals surface area contributed by atoms with Gasteiger partial charge in [0.25, 0.3) is 0 Å². The molecule has 0 radical (unpaired) electrons. The second-order valence-electron chi connectivity index (χ2n) is 5.44. The molecule has 4 nitrogen and oxygen atoms in total. The van der Waals surface area contributed by atoms with Crippen molar-refractivity contribution in [3.63, 3.8) is 0 Å². The second-order valence-corrected chi connectivity index (χ2v) is 5.44. The SMILES string of the molecule is CN=C(NCc1cccc(OCC(F)(F)F)c1)NC1CC1C.I. The van der Waals surface area contributed by atoms with Crippen LogP contribution >= 0.6 is 24.0 Å². The highest BCUT2D eigenvalue weighted by Crippen LogP contribution is 2.28. The predicted octanol–water partition coefficient (Wildman–Crippen LogP) is 3.32. The summed E-state index contributed by atoms with van der Waals surface area (Å²) in [4.78, 5) is 4.12. The Hall–Kier alpha value is -1.19. The summed E-state index contributed by atoms with van der Waals surface area (Å²) in [5, 5.41) is 6.42. The van der Waals surface area contributed by atoms with Crippen molar-refractivity contribution in [2.45, 2.75) is 32.1 Å². The lowest BCUT2D eigenvalue weighted by molar-refractivity contribution is -0.153. The molecule has 1 aromatic rings. The number of rotatable bonds is 5. The summed E-state index contributed by atoms with van der Waals surface area (Å²) in [6.07, 6.45) is -3.21. The average Bonchev–Trinajstić information content (AvgIpc) is 3.16. The number of nitrogens with one attached hydrogen (secondary N) is 2. The Labute approximate surface area is 150 Å². The molecule has 130 valence electrons. The van der Waals surface area contributed by atoms with Crippen LogP contribution in [0.5, 0.6) is 5.75 Å². The van der Waals surface area contributed by atoms with Gasteiger partial charge in [0.05, 0.1) is 0 Å². The van der Waals surface area contributed by atoms with E-state index in [-0.39, 0.29) is 29.7 Å². The highest BCUT2D eigenvalue weighted by atomic mass is 127. The molecule has 1 saturated carbocycles. The van der Waals surface area contributed by atoms with Crippen LogP contribution in [0.2, 0.25) is 0 Å². The molecule has 0 aliphatic heterocycles. The molecular weight excluding hydrogens is 422 g/mol. The largest absolute Gasteiger partial charge is 0.484 e. The van der Waals surface area contributed by atoms with E-state index >= 15 is 0 Å². The van der Waals surface area contributed by atoms with Gasteiger partial charge in [0.2, 0.25) is 0 Å². The number of ether oxygens (including phenoxy) is 1. The first-order valence-electron chi connectivity index (χ1n) is 7.13. The zero-order chi connectivity index (χ0) is 16.2. The molecule has 23 heavy (non-hydrogen) atoms. The Morgan fingerprint density at radius 2 is 2.09 bits per heavy atom. The fourth-order valence-electron chi connectivity index (χ4n) is 1.99. The molecule has 0 saturated heterocycles. The van der Waals surface area contributed by atoms with E-state index in [4.69, 9.17) is 4.74 Å². The summed E-state index contributed by atoms with van der Waals surface area (Å²) >= 11 is 0. The van der Waals surface area contributed by atoms with Gasteiger partial charge in [-0.2, -0.15) is 13.2 Å². The van der Waals surface area contributed by atoms with Crippen molar-refractivity contribution < 1.29 is 17.9 Å². The minimum Gasteiger partial charge on any atom is -0.484 e. The lowest BCUT2D eigenvalue weighted by Crippen LogP contribution is -2.38. The predicted molar refractivity (Wildman–Crippen MR) is 94.3 cm³/mol. The number of halogens is 4. The fraction of sp³-hybridized carbons (Fsp3) is 0.533. The number of aliphatic imine (C=N–C) groups is 1. The van der Waals surface area contributed by atoms with Crippen LogP contribution in [0.3, 0.4) is 0 Å². The summed E-state index contributed by atoms with van der Waals surface area (Å²) in [6, 6.07) is 7.04. The van der Waals surface area contributed by atoms with Crippen molar-refractivity contribution in [2.75, 3.05) is 13.7 Å². The molecule has 0 bridgehead atoms. The molecule has 2 unspecified atom stereocenters. The van der Waals surface area contributed by atoms with Gasteiger partial charge in [-0.25, -0.2) is 0 Å². The van der Waals surface area contributed by atoms with E-state index in [0.29, 0.717) is 24.5 Å². The van der Waals surface area contributed by atoms with Crippen molar-refractivity contribution in [2.24, 2.45) is 10.9 Å². The molecule has 1 fully saturated rings. The van der Waals surface area contributed by atoms with Gasteiger partial charge in [0.15, 0.2) is 12.6 Å². The van der Waals surface area contributed by atoms with E-state index in [1.54, 1.807) is 19.2 Å². The van der Waals surface area contributed by atoms with Crippen molar-refractivity contribution in [3.8, 4) is 5.75 Å². The smallest absolute Gasteiger partial charge is 0.422 e. The van der Waals surface area contributed by atoms with Crippen molar-refractivity contribution in [3.05, 3.63) is 29.8 Å². The normalized spacial score (nSPS) is 20.5. The van der Waals surface area contributed by atoms with Gasteiger partial charge in [-0.1, -0.05) is 19.1 Å². The molecule has 0 aromatic heterocycles. The van der Waals surface area contributed by atoms with E-state index in [9.17, 15) is 13.2 Å². The molecule has 0 heterocycles. The molecule has 2 rings (SSSR count). The van der Waals surface area contributed by atoms with Crippen LogP contribution in [0.4, 0.5) is 13.2 Å². The first kappa shape index (κ1) is 19.9. The van der Waals surface area contributed by atoms with Crippen LogP contribution in [0.1, 0.15) is 18.9 Å². The molecule has 0 amide bonds. The van der Waals surface area contributed by atoms with Crippen molar-refractivity contribution >= 4 is 29.9 Å². The maximum atomic E-state index is 12.1. The van der Waals surface area contributed by atoms with Crippen LogP contribution in [-0.4, -0.2) is 31.8 Å². The minimum atomic E-state index is -4.33. The molecule has 1 aliphatic rings. The third kappa shape index (κ3) is 7.28. The molecule has 2 N–H and O–H groups in total. The van der Waals surface area contributed by atoms with Crippen LogP contribution < -0.4 is 15.4 Å². The summed E-state index contributed by atoms with van der Waals surface area (Å²) in [7, 11) is 1.69. The van der Waals surface area contributed by atoms with Gasteiger partial charge >= 0.3 is 6.18 Å². The topological polar surface area (TPSA) is 45.7 Å². The molecule has 8 heteroatoms. The van der Waals surface area contributed by atoms with E-state index in [2.05, 4.69) is 22.5 Å². The number of guanidine groups is 1. The van der Waals surface area contributed by atoms with Crippen LogP contribution in [0.25, 0.3) is 0 Å². The zero-order valence-electron chi connectivity index (χ0n) is 13.0. The average molecular weight is 443 g/mol. The van der Waals surface area contributed by atoms with Crippen molar-refractivity contribution in [1.82, 2.24) is 10.6 Å². The highest BCUT2D eigenvalue weighted by molar-refractivity contribution is 14.0. The van der Waals surface area contributed by atoms with Gasteiger partial charge < -0.3 is 15.4 Å². The molecular formula is C15H21F3IN3O. The molecule has 1 aromatic carbocycles. The van der Waals surface area contributed by atoms with E-state index in [1.165, 1.54) is 6.07 Å². The summed E-state index contributed by atoms with van der Waals surface area (Å²) < 4.78 is 41.2. The Balaban J connectivity index is 0.00000264. The Morgan fingerprint density at radius 3 is 2.65 bits per heavy atom. The van der Waals surface area contributed by atoms with Gasteiger partial charge in [-0.15, -0.1) is 24.0 Å². The molecule has 0 spiro atoms. The van der Waals surface area contributed by atoms with Gasteiger partial charge in [0, 0.05) is 19.6 Å². The Morgan fingerprint density at radius 1 is 1.39 bits per heavy atom.